The Balaban J connectivity index is 1.59. The van der Waals surface area contributed by atoms with E-state index >= 15 is 0 Å². The zero-order valence-electron chi connectivity index (χ0n) is 20.5. The smallest absolute Gasteiger partial charge is 0.255 e. The van der Waals surface area contributed by atoms with Crippen molar-refractivity contribution in [3.63, 3.8) is 0 Å². The van der Waals surface area contributed by atoms with Crippen molar-refractivity contribution in [1.82, 2.24) is 19.8 Å². The monoisotopic (exact) mass is 480 g/mol. The van der Waals surface area contributed by atoms with E-state index in [0.717, 1.165) is 38.0 Å². The number of fused-ring (bicyclic) bond motifs is 1. The van der Waals surface area contributed by atoms with Gasteiger partial charge in [0, 0.05) is 63.7 Å². The average molecular weight is 481 g/mol. The van der Waals surface area contributed by atoms with Crippen molar-refractivity contribution in [3.05, 3.63) is 41.6 Å². The largest absolute Gasteiger partial charge is 0.488 e. The third kappa shape index (κ3) is 5.21. The van der Waals surface area contributed by atoms with Crippen molar-refractivity contribution in [2.45, 2.75) is 32.6 Å². The number of hydrogen-bond donors (Lipinski definition) is 1. The zero-order valence-corrected chi connectivity index (χ0v) is 20.5. The lowest BCUT2D eigenvalue weighted by molar-refractivity contribution is -0.121. The zero-order chi connectivity index (χ0) is 24.9. The number of anilines is 2. The van der Waals surface area contributed by atoms with Gasteiger partial charge in [-0.2, -0.15) is 0 Å². The van der Waals surface area contributed by atoms with Crippen LogP contribution >= 0.6 is 0 Å². The summed E-state index contributed by atoms with van der Waals surface area (Å²) in [6.07, 6.45) is 6.60. The Bertz CT molecular complexity index is 1180. The topological polar surface area (TPSA) is 109 Å². The maximum absolute atomic E-state index is 12.9. The highest BCUT2D eigenvalue weighted by molar-refractivity contribution is 5.95. The number of rotatable bonds is 5. The van der Waals surface area contributed by atoms with Crippen LogP contribution in [-0.4, -0.2) is 72.5 Å². The number of piperidine rings is 1. The number of likely N-dealkylation sites (tertiary alicyclic amines) is 1. The van der Waals surface area contributed by atoms with Gasteiger partial charge in [-0.1, -0.05) is 6.92 Å². The van der Waals surface area contributed by atoms with Crippen molar-refractivity contribution in [2.75, 3.05) is 45.2 Å². The molecule has 1 atom stereocenters. The molecule has 1 saturated heterocycles. The van der Waals surface area contributed by atoms with E-state index in [-0.39, 0.29) is 24.1 Å². The lowest BCUT2D eigenvalue weighted by Crippen LogP contribution is -2.36. The summed E-state index contributed by atoms with van der Waals surface area (Å²) in [5.41, 5.74) is 1.81. The molecule has 2 amide bonds. The van der Waals surface area contributed by atoms with Crippen LogP contribution in [0, 0.1) is 5.92 Å². The van der Waals surface area contributed by atoms with Gasteiger partial charge in [0.25, 0.3) is 5.91 Å². The van der Waals surface area contributed by atoms with Crippen molar-refractivity contribution < 1.29 is 19.1 Å². The number of aromatic nitrogens is 2. The molecule has 1 unspecified atom stereocenters. The molecule has 2 aliphatic heterocycles. The van der Waals surface area contributed by atoms with Crippen LogP contribution in [0.4, 0.5) is 11.5 Å². The summed E-state index contributed by atoms with van der Waals surface area (Å²) in [6.45, 7) is 4.27. The van der Waals surface area contributed by atoms with Crippen molar-refractivity contribution in [3.8, 4) is 5.75 Å². The van der Waals surface area contributed by atoms with Gasteiger partial charge < -0.3 is 19.9 Å². The van der Waals surface area contributed by atoms with Gasteiger partial charge >= 0.3 is 0 Å². The molecule has 0 radical (unpaired) electrons. The second kappa shape index (κ2) is 10.7. The molecule has 10 nitrogen and oxygen atoms in total. The first-order valence-corrected chi connectivity index (χ1v) is 12.0. The van der Waals surface area contributed by atoms with Gasteiger partial charge in [-0.15, -0.1) is 0 Å². The van der Waals surface area contributed by atoms with E-state index in [1.54, 1.807) is 39.5 Å². The van der Waals surface area contributed by atoms with E-state index < -0.39 is 5.92 Å². The van der Waals surface area contributed by atoms with Crippen LogP contribution in [0.5, 0.6) is 5.75 Å². The van der Waals surface area contributed by atoms with Gasteiger partial charge in [0.1, 0.15) is 12.1 Å². The summed E-state index contributed by atoms with van der Waals surface area (Å²) in [6, 6.07) is 5.40. The molecule has 4 rings (SSSR count). The molecule has 2 aromatic rings. The molecular formula is C25H32N6O4. The molecule has 1 N–H and O–H groups in total. The van der Waals surface area contributed by atoms with Crippen molar-refractivity contribution in [1.29, 1.82) is 0 Å². The number of ether oxygens (including phenoxy) is 1. The van der Waals surface area contributed by atoms with Gasteiger partial charge in [-0.25, -0.2) is 4.98 Å². The Kier molecular flexibility index (Phi) is 7.48. The Hall–Kier alpha value is -3.69. The molecule has 10 heteroatoms. The van der Waals surface area contributed by atoms with E-state index in [4.69, 9.17) is 4.74 Å². The fourth-order valence-electron chi connectivity index (χ4n) is 4.46. The molecule has 0 saturated carbocycles. The minimum atomic E-state index is -0.493. The maximum atomic E-state index is 12.9. The third-order valence-corrected chi connectivity index (χ3v) is 6.44. The van der Waals surface area contributed by atoms with E-state index in [2.05, 4.69) is 15.3 Å². The summed E-state index contributed by atoms with van der Waals surface area (Å²) < 4.78 is 7.32. The highest BCUT2D eigenvalue weighted by Gasteiger charge is 2.26. The predicted octanol–water partition coefficient (Wildman–Crippen LogP) is 1.98. The van der Waals surface area contributed by atoms with Crippen molar-refractivity contribution in [2.24, 2.45) is 10.9 Å². The highest BCUT2D eigenvalue weighted by Crippen LogP contribution is 2.35. The van der Waals surface area contributed by atoms with Crippen LogP contribution in [0.15, 0.2) is 35.6 Å². The lowest BCUT2D eigenvalue weighted by Gasteiger charge is -2.31. The van der Waals surface area contributed by atoms with Crippen LogP contribution in [0.2, 0.25) is 0 Å². The van der Waals surface area contributed by atoms with E-state index in [9.17, 15) is 14.4 Å². The van der Waals surface area contributed by atoms with Crippen LogP contribution < -0.4 is 20.4 Å². The number of carbonyl (C=O) groups is 3. The first-order valence-electron chi connectivity index (χ1n) is 12.0. The Labute approximate surface area is 204 Å². The summed E-state index contributed by atoms with van der Waals surface area (Å²) >= 11 is 0. The molecule has 2 aliphatic rings. The number of hydrogen-bond acceptors (Lipinski definition) is 7. The first kappa shape index (κ1) is 24.4. The second-order valence-electron chi connectivity index (χ2n) is 8.85. The SMILES string of the molecule is C/N=c1/cc(N2CCOc3cc(C(=O)N4CCCCC4)cnc32)ccn1C(=O)C(C)CC(=O)NC. The summed E-state index contributed by atoms with van der Waals surface area (Å²) in [5, 5.41) is 2.55. The molecule has 35 heavy (non-hydrogen) atoms. The third-order valence-electron chi connectivity index (χ3n) is 6.44. The maximum Gasteiger partial charge on any atom is 0.255 e. The quantitative estimate of drug-likeness (QED) is 0.701. The van der Waals surface area contributed by atoms with Gasteiger partial charge in [0.15, 0.2) is 11.6 Å². The van der Waals surface area contributed by atoms with Crippen molar-refractivity contribution >= 4 is 29.2 Å². The molecule has 2 aromatic heterocycles. The first-order chi connectivity index (χ1) is 16.9. The van der Waals surface area contributed by atoms with Gasteiger partial charge in [-0.3, -0.25) is 23.9 Å². The molecular weight excluding hydrogens is 448 g/mol. The molecule has 0 bridgehead atoms. The standard InChI is InChI=1S/C25H32N6O4/c1-17(13-22(32)27-3)24(33)31-10-7-19(15-21(31)26-2)30-11-12-35-20-14-18(16-28-23(20)30)25(34)29-8-5-4-6-9-29/h7,10,14-17H,4-6,8-9,11-13H2,1-3H3,(H,27,32)/b26-21-. The number of amides is 2. The Morgan fingerprint density at radius 1 is 1.17 bits per heavy atom. The number of pyridine rings is 2. The summed E-state index contributed by atoms with van der Waals surface area (Å²) in [4.78, 5) is 50.3. The van der Waals surface area contributed by atoms with E-state index in [1.807, 2.05) is 21.9 Å². The summed E-state index contributed by atoms with van der Waals surface area (Å²) in [5.74, 6) is 0.270. The van der Waals surface area contributed by atoms with Gasteiger partial charge in [0.2, 0.25) is 11.8 Å². The average Bonchev–Trinajstić information content (AvgIpc) is 2.91. The predicted molar refractivity (Wildman–Crippen MR) is 131 cm³/mol. The Morgan fingerprint density at radius 2 is 1.94 bits per heavy atom. The molecule has 0 spiro atoms. The highest BCUT2D eigenvalue weighted by atomic mass is 16.5. The molecule has 186 valence electrons. The molecule has 1 fully saturated rings. The van der Waals surface area contributed by atoms with Gasteiger partial charge in [-0.05, 0) is 31.4 Å². The fourth-order valence-corrected chi connectivity index (χ4v) is 4.46. The minimum absolute atomic E-state index is 0.0158. The number of nitrogens with zero attached hydrogens (tertiary/aromatic N) is 5. The second-order valence-corrected chi connectivity index (χ2v) is 8.85. The minimum Gasteiger partial charge on any atom is -0.488 e. The normalized spacial score (nSPS) is 16.8. The lowest BCUT2D eigenvalue weighted by atomic mass is 10.1. The molecule has 0 aliphatic carbocycles. The number of carbonyl (C=O) groups excluding carboxylic acids is 3. The van der Waals surface area contributed by atoms with Crippen LogP contribution in [0.25, 0.3) is 0 Å². The Morgan fingerprint density at radius 3 is 2.66 bits per heavy atom. The molecule has 0 aromatic carbocycles. The number of nitrogens with one attached hydrogen (secondary N) is 1. The van der Waals surface area contributed by atoms with Crippen LogP contribution in [0.3, 0.4) is 0 Å². The van der Waals surface area contributed by atoms with E-state index in [0.29, 0.717) is 35.8 Å². The van der Waals surface area contributed by atoms with Crippen LogP contribution in [-0.2, 0) is 4.79 Å². The van der Waals surface area contributed by atoms with Crippen LogP contribution in [0.1, 0.15) is 47.8 Å². The summed E-state index contributed by atoms with van der Waals surface area (Å²) in [7, 11) is 3.17. The van der Waals surface area contributed by atoms with E-state index in [1.165, 1.54) is 4.57 Å². The fraction of sp³-hybridized carbons (Fsp3) is 0.480. The van der Waals surface area contributed by atoms with Gasteiger partial charge in [0.05, 0.1) is 12.1 Å². The molecule has 4 heterocycles.